The van der Waals surface area contributed by atoms with E-state index in [4.69, 9.17) is 0 Å². The van der Waals surface area contributed by atoms with Crippen LogP contribution in [0.3, 0.4) is 0 Å². The highest BCUT2D eigenvalue weighted by atomic mass is 16.2. The number of rotatable bonds is 5. The van der Waals surface area contributed by atoms with Gasteiger partial charge in [0, 0.05) is 26.1 Å². The van der Waals surface area contributed by atoms with Gasteiger partial charge in [0.15, 0.2) is 0 Å². The zero-order chi connectivity index (χ0) is 14.8. The van der Waals surface area contributed by atoms with Crippen LogP contribution in [0.5, 0.6) is 0 Å². The minimum atomic E-state index is 0.174. The molecule has 3 rings (SSSR count). The summed E-state index contributed by atoms with van der Waals surface area (Å²) in [7, 11) is 3.81. The lowest BCUT2D eigenvalue weighted by atomic mass is 10.0. The molecule has 1 fully saturated rings. The Hall–Kier alpha value is -1.87. The van der Waals surface area contributed by atoms with Crippen LogP contribution >= 0.6 is 0 Å². The molecular formula is C18H22N2O. The second-order valence-electron chi connectivity index (χ2n) is 5.92. The van der Waals surface area contributed by atoms with Gasteiger partial charge in [-0.1, -0.05) is 42.5 Å². The molecule has 0 saturated heterocycles. The van der Waals surface area contributed by atoms with E-state index in [9.17, 15) is 4.79 Å². The molecule has 1 N–H and O–H groups in total. The van der Waals surface area contributed by atoms with Gasteiger partial charge in [-0.15, -0.1) is 0 Å². The monoisotopic (exact) mass is 282 g/mol. The van der Waals surface area contributed by atoms with Crippen molar-refractivity contribution in [3.05, 3.63) is 48.0 Å². The van der Waals surface area contributed by atoms with Crippen molar-refractivity contribution < 1.29 is 4.79 Å². The molecule has 0 heterocycles. The third kappa shape index (κ3) is 2.93. The Morgan fingerprint density at radius 1 is 1.24 bits per heavy atom. The number of likely N-dealkylation sites (N-methyl/N-ethyl adjacent to an activating group) is 2. The van der Waals surface area contributed by atoms with Crippen molar-refractivity contribution in [1.29, 1.82) is 0 Å². The van der Waals surface area contributed by atoms with Gasteiger partial charge < -0.3 is 10.2 Å². The zero-order valence-electron chi connectivity index (χ0n) is 12.7. The first-order chi connectivity index (χ1) is 10.2. The highest BCUT2D eigenvalue weighted by molar-refractivity contribution is 5.85. The lowest BCUT2D eigenvalue weighted by Crippen LogP contribution is -2.34. The van der Waals surface area contributed by atoms with Crippen molar-refractivity contribution in [3.63, 3.8) is 0 Å². The molecule has 0 radical (unpaired) electrons. The first kappa shape index (κ1) is 14.1. The SMILES string of the molecule is CNCCN(C)C(=O)C1CC1c1ccc2ccccc2c1. The van der Waals surface area contributed by atoms with E-state index in [1.807, 2.05) is 19.0 Å². The second-order valence-corrected chi connectivity index (χ2v) is 5.92. The first-order valence-electron chi connectivity index (χ1n) is 7.59. The fraction of sp³-hybridized carbons (Fsp3) is 0.389. The summed E-state index contributed by atoms with van der Waals surface area (Å²) in [5.41, 5.74) is 1.30. The molecule has 0 bridgehead atoms. The van der Waals surface area contributed by atoms with Gasteiger partial charge in [-0.25, -0.2) is 0 Å². The molecule has 21 heavy (non-hydrogen) atoms. The van der Waals surface area contributed by atoms with E-state index < -0.39 is 0 Å². The number of hydrogen-bond donors (Lipinski definition) is 1. The molecule has 2 unspecified atom stereocenters. The van der Waals surface area contributed by atoms with Gasteiger partial charge in [0.05, 0.1) is 0 Å². The van der Waals surface area contributed by atoms with E-state index >= 15 is 0 Å². The molecular weight excluding hydrogens is 260 g/mol. The maximum atomic E-state index is 12.4. The Morgan fingerprint density at radius 2 is 2.00 bits per heavy atom. The van der Waals surface area contributed by atoms with Crippen molar-refractivity contribution in [3.8, 4) is 0 Å². The number of nitrogens with zero attached hydrogens (tertiary/aromatic N) is 1. The third-order valence-corrected chi connectivity index (χ3v) is 4.38. The molecule has 110 valence electrons. The van der Waals surface area contributed by atoms with E-state index in [1.165, 1.54) is 16.3 Å². The molecule has 2 atom stereocenters. The number of benzene rings is 2. The van der Waals surface area contributed by atoms with Gasteiger partial charge in [0.25, 0.3) is 0 Å². The van der Waals surface area contributed by atoms with Crippen LogP contribution in [0.15, 0.2) is 42.5 Å². The fourth-order valence-electron chi connectivity index (χ4n) is 2.95. The summed E-state index contributed by atoms with van der Waals surface area (Å²) in [6, 6.07) is 15.0. The van der Waals surface area contributed by atoms with E-state index in [-0.39, 0.29) is 11.8 Å². The summed E-state index contributed by atoms with van der Waals surface area (Å²) in [5, 5.41) is 5.60. The van der Waals surface area contributed by atoms with E-state index in [1.54, 1.807) is 0 Å². The smallest absolute Gasteiger partial charge is 0.226 e. The summed E-state index contributed by atoms with van der Waals surface area (Å²) in [5.74, 6) is 0.857. The van der Waals surface area contributed by atoms with E-state index in [0.29, 0.717) is 5.92 Å². The van der Waals surface area contributed by atoms with Gasteiger partial charge >= 0.3 is 0 Å². The fourth-order valence-corrected chi connectivity index (χ4v) is 2.95. The molecule has 3 heteroatoms. The second kappa shape index (κ2) is 5.86. The average Bonchev–Trinajstić information content (AvgIpc) is 3.32. The maximum absolute atomic E-state index is 12.4. The van der Waals surface area contributed by atoms with Crippen molar-refractivity contribution in [2.24, 2.45) is 5.92 Å². The quantitative estimate of drug-likeness (QED) is 0.914. The summed E-state index contributed by atoms with van der Waals surface area (Å²) in [4.78, 5) is 14.2. The Morgan fingerprint density at radius 3 is 2.76 bits per heavy atom. The van der Waals surface area contributed by atoms with Crippen LogP contribution < -0.4 is 5.32 Å². The predicted octanol–water partition coefficient (Wildman–Crippen LogP) is 2.62. The van der Waals surface area contributed by atoms with Crippen LogP contribution in [0.1, 0.15) is 17.9 Å². The largest absolute Gasteiger partial charge is 0.344 e. The van der Waals surface area contributed by atoms with Crippen molar-refractivity contribution >= 4 is 16.7 Å². The topological polar surface area (TPSA) is 32.3 Å². The summed E-state index contributed by atoms with van der Waals surface area (Å²) in [6.07, 6.45) is 0.987. The van der Waals surface area contributed by atoms with Crippen molar-refractivity contribution in [2.45, 2.75) is 12.3 Å². The number of fused-ring (bicyclic) bond motifs is 1. The van der Waals surface area contributed by atoms with Crippen LogP contribution in [0, 0.1) is 5.92 Å². The standard InChI is InChI=1S/C18H22N2O/c1-19-9-10-20(2)18(21)17-12-16(17)15-8-7-13-5-3-4-6-14(13)11-15/h3-8,11,16-17,19H,9-10,12H2,1-2H3. The van der Waals surface area contributed by atoms with Crippen LogP contribution in [-0.4, -0.2) is 38.0 Å². The van der Waals surface area contributed by atoms with Crippen LogP contribution in [-0.2, 0) is 4.79 Å². The van der Waals surface area contributed by atoms with Crippen molar-refractivity contribution in [2.75, 3.05) is 27.2 Å². The highest BCUT2D eigenvalue weighted by Crippen LogP contribution is 2.48. The van der Waals surface area contributed by atoms with Gasteiger partial charge in [-0.05, 0) is 35.7 Å². The van der Waals surface area contributed by atoms with Gasteiger partial charge in [-0.2, -0.15) is 0 Å². The molecule has 0 spiro atoms. The molecule has 0 aliphatic heterocycles. The van der Waals surface area contributed by atoms with Gasteiger partial charge in [-0.3, -0.25) is 4.79 Å². The third-order valence-electron chi connectivity index (χ3n) is 4.38. The van der Waals surface area contributed by atoms with Crippen LogP contribution in [0.4, 0.5) is 0 Å². The number of nitrogens with one attached hydrogen (secondary N) is 1. The number of amides is 1. The first-order valence-corrected chi connectivity index (χ1v) is 7.59. The lowest BCUT2D eigenvalue weighted by Gasteiger charge is -2.17. The number of carbonyl (C=O) groups is 1. The molecule has 1 amide bonds. The molecule has 2 aromatic rings. The molecule has 2 aromatic carbocycles. The number of carbonyl (C=O) groups excluding carboxylic acids is 1. The summed E-state index contributed by atoms with van der Waals surface area (Å²) < 4.78 is 0. The maximum Gasteiger partial charge on any atom is 0.226 e. The van der Waals surface area contributed by atoms with E-state index in [0.717, 1.165) is 19.5 Å². The lowest BCUT2D eigenvalue weighted by molar-refractivity contribution is -0.131. The number of hydrogen-bond acceptors (Lipinski definition) is 2. The minimum Gasteiger partial charge on any atom is -0.344 e. The summed E-state index contributed by atoms with van der Waals surface area (Å²) >= 11 is 0. The Labute approximate surface area is 125 Å². The zero-order valence-corrected chi connectivity index (χ0v) is 12.7. The normalized spacial score (nSPS) is 20.5. The highest BCUT2D eigenvalue weighted by Gasteiger charge is 2.45. The van der Waals surface area contributed by atoms with Gasteiger partial charge in [0.2, 0.25) is 5.91 Å². The van der Waals surface area contributed by atoms with Gasteiger partial charge in [0.1, 0.15) is 0 Å². The minimum absolute atomic E-state index is 0.174. The summed E-state index contributed by atoms with van der Waals surface area (Å²) in [6.45, 7) is 1.62. The van der Waals surface area contributed by atoms with Crippen molar-refractivity contribution in [1.82, 2.24) is 10.2 Å². The molecule has 1 aliphatic rings. The predicted molar refractivity (Wildman–Crippen MR) is 86.4 cm³/mol. The molecule has 1 saturated carbocycles. The average molecular weight is 282 g/mol. The molecule has 0 aromatic heterocycles. The van der Waals surface area contributed by atoms with Crippen LogP contribution in [0.2, 0.25) is 0 Å². The Kier molecular flexibility index (Phi) is 3.93. The molecule has 3 nitrogen and oxygen atoms in total. The van der Waals surface area contributed by atoms with E-state index in [2.05, 4.69) is 47.8 Å². The van der Waals surface area contributed by atoms with Crippen LogP contribution in [0.25, 0.3) is 10.8 Å². The Balaban J connectivity index is 1.70. The molecule has 1 aliphatic carbocycles. The Bertz CT molecular complexity index is 652.